The van der Waals surface area contributed by atoms with Crippen molar-refractivity contribution in [1.82, 2.24) is 5.48 Å². The Bertz CT molecular complexity index is 772. The summed E-state index contributed by atoms with van der Waals surface area (Å²) in [5.41, 5.74) is 5.40. The number of hydrogen-bond acceptors (Lipinski definition) is 4. The van der Waals surface area contributed by atoms with Crippen molar-refractivity contribution in [1.29, 1.82) is 0 Å². The van der Waals surface area contributed by atoms with E-state index in [4.69, 9.17) is 9.57 Å². The molecule has 1 amide bonds. The van der Waals surface area contributed by atoms with Gasteiger partial charge in [0, 0.05) is 5.56 Å². The predicted molar refractivity (Wildman–Crippen MR) is 96.0 cm³/mol. The molecule has 0 unspecified atom stereocenters. The van der Waals surface area contributed by atoms with E-state index in [9.17, 15) is 4.79 Å². The van der Waals surface area contributed by atoms with Crippen molar-refractivity contribution >= 4 is 11.8 Å². The van der Waals surface area contributed by atoms with Gasteiger partial charge in [-0.25, -0.2) is 10.5 Å². The minimum Gasteiger partial charge on any atom is -0.475 e. The number of carbonyl (C=O) groups excluding carboxylic acids is 1. The average Bonchev–Trinajstić information content (AvgIpc) is 3.13. The molecule has 1 aliphatic rings. The van der Waals surface area contributed by atoms with Gasteiger partial charge in [-0.3, -0.25) is 9.63 Å². The normalized spacial score (nSPS) is 16.0. The number of benzene rings is 2. The molecule has 25 heavy (non-hydrogen) atoms. The van der Waals surface area contributed by atoms with Gasteiger partial charge in [0.15, 0.2) is 6.04 Å². The SMILES string of the molecule is C=CCc1cccc(C2=N[C@@H](C(=O)NOCc3ccccc3)CO2)c1. The van der Waals surface area contributed by atoms with E-state index in [0.717, 1.165) is 23.1 Å². The van der Waals surface area contributed by atoms with E-state index < -0.39 is 6.04 Å². The topological polar surface area (TPSA) is 59.9 Å². The molecule has 1 heterocycles. The third kappa shape index (κ3) is 4.55. The highest BCUT2D eigenvalue weighted by atomic mass is 16.7. The van der Waals surface area contributed by atoms with Crippen LogP contribution in [0.1, 0.15) is 16.7 Å². The first-order valence-corrected chi connectivity index (χ1v) is 8.12. The van der Waals surface area contributed by atoms with E-state index in [0.29, 0.717) is 12.5 Å². The van der Waals surface area contributed by atoms with Crippen LogP contribution >= 0.6 is 0 Å². The van der Waals surface area contributed by atoms with Gasteiger partial charge in [0.25, 0.3) is 5.91 Å². The molecule has 0 aromatic heterocycles. The molecule has 0 aliphatic carbocycles. The van der Waals surface area contributed by atoms with Crippen LogP contribution in [0.2, 0.25) is 0 Å². The maximum atomic E-state index is 12.1. The largest absolute Gasteiger partial charge is 0.475 e. The molecule has 0 saturated heterocycles. The number of hydrogen-bond donors (Lipinski definition) is 1. The van der Waals surface area contributed by atoms with Gasteiger partial charge in [-0.2, -0.15) is 0 Å². The summed E-state index contributed by atoms with van der Waals surface area (Å²) in [6.07, 6.45) is 2.62. The fraction of sp³-hybridized carbons (Fsp3) is 0.200. The molecule has 0 bridgehead atoms. The van der Waals surface area contributed by atoms with Crippen molar-refractivity contribution in [3.8, 4) is 0 Å². The van der Waals surface area contributed by atoms with Crippen LogP contribution in [0.5, 0.6) is 0 Å². The zero-order valence-corrected chi connectivity index (χ0v) is 13.9. The van der Waals surface area contributed by atoms with Crippen LogP contribution in [0.4, 0.5) is 0 Å². The second-order valence-electron chi connectivity index (χ2n) is 5.69. The average molecular weight is 336 g/mol. The summed E-state index contributed by atoms with van der Waals surface area (Å²) in [5, 5.41) is 0. The molecule has 128 valence electrons. The first kappa shape index (κ1) is 16.9. The Hall–Kier alpha value is -2.92. The van der Waals surface area contributed by atoms with Crippen molar-refractivity contribution in [3.63, 3.8) is 0 Å². The molecule has 5 nitrogen and oxygen atoms in total. The third-order valence-corrected chi connectivity index (χ3v) is 3.76. The molecule has 1 N–H and O–H groups in total. The number of ether oxygens (including phenoxy) is 1. The first-order chi connectivity index (χ1) is 12.3. The molecule has 1 aliphatic heterocycles. The van der Waals surface area contributed by atoms with Gasteiger partial charge in [-0.15, -0.1) is 6.58 Å². The van der Waals surface area contributed by atoms with Gasteiger partial charge in [0.1, 0.15) is 6.61 Å². The highest BCUT2D eigenvalue weighted by molar-refractivity contribution is 5.98. The van der Waals surface area contributed by atoms with E-state index in [1.54, 1.807) is 0 Å². The molecule has 0 radical (unpaired) electrons. The number of nitrogens with zero attached hydrogens (tertiary/aromatic N) is 1. The number of rotatable bonds is 7. The zero-order valence-electron chi connectivity index (χ0n) is 13.9. The highest BCUT2D eigenvalue weighted by Gasteiger charge is 2.26. The van der Waals surface area contributed by atoms with Crippen molar-refractivity contribution in [2.75, 3.05) is 6.61 Å². The molecular formula is C20H20N2O3. The molecule has 1 atom stereocenters. The third-order valence-electron chi connectivity index (χ3n) is 3.76. The smallest absolute Gasteiger partial charge is 0.272 e. The molecule has 0 saturated carbocycles. The fourth-order valence-corrected chi connectivity index (χ4v) is 2.50. The summed E-state index contributed by atoms with van der Waals surface area (Å²) in [4.78, 5) is 21.8. The Morgan fingerprint density at radius 1 is 1.24 bits per heavy atom. The maximum absolute atomic E-state index is 12.1. The Labute approximate surface area is 147 Å². The number of allylic oxidation sites excluding steroid dienone is 1. The Morgan fingerprint density at radius 3 is 2.84 bits per heavy atom. The summed E-state index contributed by atoms with van der Waals surface area (Å²) in [6, 6.07) is 16.9. The van der Waals surface area contributed by atoms with E-state index in [-0.39, 0.29) is 12.5 Å². The number of amides is 1. The summed E-state index contributed by atoms with van der Waals surface area (Å²) < 4.78 is 5.58. The number of nitrogens with one attached hydrogen (secondary N) is 1. The predicted octanol–water partition coefficient (Wildman–Crippen LogP) is 2.81. The summed E-state index contributed by atoms with van der Waals surface area (Å²) >= 11 is 0. The standard InChI is InChI=1S/C20H20N2O3/c1-2-7-15-10-6-11-17(12-15)20-21-18(14-24-20)19(23)22-25-13-16-8-4-3-5-9-16/h2-6,8-12,18H,1,7,13-14H2,(H,22,23)/t18-/m1/s1. The van der Waals surface area contributed by atoms with Gasteiger partial charge < -0.3 is 4.74 Å². The number of aliphatic imine (C=N–C) groups is 1. The second-order valence-corrected chi connectivity index (χ2v) is 5.69. The second kappa shape index (κ2) is 8.26. The minimum atomic E-state index is -0.603. The van der Waals surface area contributed by atoms with Crippen molar-refractivity contribution in [2.24, 2.45) is 4.99 Å². The fourth-order valence-electron chi connectivity index (χ4n) is 2.50. The first-order valence-electron chi connectivity index (χ1n) is 8.12. The highest BCUT2D eigenvalue weighted by Crippen LogP contribution is 2.14. The van der Waals surface area contributed by atoms with Crippen LogP contribution in [-0.2, 0) is 27.4 Å². The molecule has 2 aromatic rings. The van der Waals surface area contributed by atoms with E-state index in [1.807, 2.05) is 60.7 Å². The molecule has 0 spiro atoms. The van der Waals surface area contributed by atoms with E-state index >= 15 is 0 Å². The van der Waals surface area contributed by atoms with Gasteiger partial charge in [-0.05, 0) is 29.7 Å². The molecule has 3 rings (SSSR count). The molecular weight excluding hydrogens is 316 g/mol. The number of carbonyl (C=O) groups is 1. The minimum absolute atomic E-state index is 0.210. The van der Waals surface area contributed by atoms with Gasteiger partial charge in [0.2, 0.25) is 5.90 Å². The van der Waals surface area contributed by atoms with E-state index in [2.05, 4.69) is 17.1 Å². The molecule has 0 fully saturated rings. The van der Waals surface area contributed by atoms with Crippen molar-refractivity contribution in [2.45, 2.75) is 19.1 Å². The van der Waals surface area contributed by atoms with Crippen molar-refractivity contribution in [3.05, 3.63) is 83.9 Å². The Balaban J connectivity index is 1.56. The van der Waals surface area contributed by atoms with E-state index in [1.165, 1.54) is 0 Å². The summed E-state index contributed by atoms with van der Waals surface area (Å²) in [5.74, 6) is 0.169. The van der Waals surface area contributed by atoms with Crippen LogP contribution in [0.3, 0.4) is 0 Å². The lowest BCUT2D eigenvalue weighted by Crippen LogP contribution is -2.34. The van der Waals surface area contributed by atoms with Crippen molar-refractivity contribution < 1.29 is 14.4 Å². The lowest BCUT2D eigenvalue weighted by molar-refractivity contribution is -0.136. The van der Waals surface area contributed by atoms with Gasteiger partial charge in [0.05, 0.1) is 6.61 Å². The van der Waals surface area contributed by atoms with Gasteiger partial charge in [-0.1, -0.05) is 48.5 Å². The zero-order chi connectivity index (χ0) is 17.5. The molecule has 2 aromatic carbocycles. The quantitative estimate of drug-likeness (QED) is 0.625. The monoisotopic (exact) mass is 336 g/mol. The lowest BCUT2D eigenvalue weighted by Gasteiger charge is -2.07. The lowest BCUT2D eigenvalue weighted by atomic mass is 10.1. The Kier molecular flexibility index (Phi) is 5.59. The van der Waals surface area contributed by atoms with Crippen LogP contribution in [0.25, 0.3) is 0 Å². The maximum Gasteiger partial charge on any atom is 0.272 e. The van der Waals surface area contributed by atoms with Crippen LogP contribution in [0.15, 0.2) is 72.2 Å². The number of hydroxylamine groups is 1. The summed E-state index contributed by atoms with van der Waals surface area (Å²) in [6.45, 7) is 4.26. The van der Waals surface area contributed by atoms with Crippen LogP contribution < -0.4 is 5.48 Å². The van der Waals surface area contributed by atoms with Crippen LogP contribution in [-0.4, -0.2) is 24.5 Å². The summed E-state index contributed by atoms with van der Waals surface area (Å²) in [7, 11) is 0. The Morgan fingerprint density at radius 2 is 2.04 bits per heavy atom. The van der Waals surface area contributed by atoms with Gasteiger partial charge >= 0.3 is 0 Å². The molecule has 5 heteroatoms. The van der Waals surface area contributed by atoms with Crippen LogP contribution in [0, 0.1) is 0 Å².